The summed E-state index contributed by atoms with van der Waals surface area (Å²) in [5, 5.41) is 26.4. The summed E-state index contributed by atoms with van der Waals surface area (Å²) in [6.07, 6.45) is 4.66. The van der Waals surface area contributed by atoms with Crippen LogP contribution in [0.25, 0.3) is 0 Å². The molecule has 6 nitrogen and oxygen atoms in total. The molecule has 0 unspecified atom stereocenters. The van der Waals surface area contributed by atoms with Crippen molar-refractivity contribution in [1.29, 1.82) is 0 Å². The Morgan fingerprint density at radius 3 is 2.78 bits per heavy atom. The normalized spacial score (nSPS) is 14.9. The second-order valence-corrected chi connectivity index (χ2v) is 5.31. The van der Waals surface area contributed by atoms with Gasteiger partial charge >= 0.3 is 5.97 Å². The molecule has 0 saturated heterocycles. The maximum Gasteiger partial charge on any atom is 0.313 e. The van der Waals surface area contributed by atoms with E-state index in [0.29, 0.717) is 11.2 Å². The molecule has 1 aliphatic carbocycles. The van der Waals surface area contributed by atoms with Gasteiger partial charge < -0.3 is 14.8 Å². The van der Waals surface area contributed by atoms with Gasteiger partial charge in [0.25, 0.3) is 0 Å². The number of carboxylic acids is 1. The summed E-state index contributed by atoms with van der Waals surface area (Å²) in [5.74, 6) is 0.0904. The zero-order valence-electron chi connectivity index (χ0n) is 10.1. The summed E-state index contributed by atoms with van der Waals surface area (Å²) >= 11 is 1.22. The molecule has 0 aliphatic heterocycles. The van der Waals surface area contributed by atoms with Crippen molar-refractivity contribution in [3.63, 3.8) is 0 Å². The first kappa shape index (κ1) is 13.4. The van der Waals surface area contributed by atoms with Crippen LogP contribution < -0.4 is 0 Å². The Labute approximate surface area is 109 Å². The number of aliphatic hydroxyl groups excluding tert-OH is 1. The van der Waals surface area contributed by atoms with Crippen LogP contribution in [0.4, 0.5) is 0 Å². The van der Waals surface area contributed by atoms with Crippen LogP contribution in [-0.4, -0.2) is 43.3 Å². The summed E-state index contributed by atoms with van der Waals surface area (Å²) in [7, 11) is 0. The molecule has 100 valence electrons. The number of aliphatic carboxylic acids is 1. The van der Waals surface area contributed by atoms with Crippen molar-refractivity contribution in [2.75, 3.05) is 12.4 Å². The first-order chi connectivity index (χ1) is 8.72. The summed E-state index contributed by atoms with van der Waals surface area (Å²) in [4.78, 5) is 10.6. The van der Waals surface area contributed by atoms with Crippen molar-refractivity contribution >= 4 is 17.7 Å². The fourth-order valence-electron chi connectivity index (χ4n) is 1.80. The number of aromatic nitrogens is 3. The van der Waals surface area contributed by atoms with Crippen molar-refractivity contribution in [3.8, 4) is 0 Å². The fourth-order valence-corrected chi connectivity index (χ4v) is 2.54. The van der Waals surface area contributed by atoms with Gasteiger partial charge in [-0.25, -0.2) is 0 Å². The number of nitrogens with zero attached hydrogens (tertiary/aromatic N) is 3. The topological polar surface area (TPSA) is 88.2 Å². The third-order valence-electron chi connectivity index (χ3n) is 2.78. The number of carboxylic acid groups (broad SMARTS) is 1. The second-order valence-electron chi connectivity index (χ2n) is 4.36. The zero-order valence-corrected chi connectivity index (χ0v) is 10.9. The van der Waals surface area contributed by atoms with Gasteiger partial charge in [0, 0.05) is 19.1 Å². The van der Waals surface area contributed by atoms with Gasteiger partial charge in [0.05, 0.1) is 5.75 Å². The monoisotopic (exact) mass is 271 g/mol. The van der Waals surface area contributed by atoms with Crippen LogP contribution in [0, 0.1) is 0 Å². The smallest absolute Gasteiger partial charge is 0.313 e. The molecule has 1 fully saturated rings. The quantitative estimate of drug-likeness (QED) is 0.544. The Bertz CT molecular complexity index is 418. The van der Waals surface area contributed by atoms with Crippen LogP contribution in [0.15, 0.2) is 5.16 Å². The van der Waals surface area contributed by atoms with E-state index in [1.807, 2.05) is 0 Å². The summed E-state index contributed by atoms with van der Waals surface area (Å²) < 4.78 is 2.07. The standard InChI is InChI=1S/C11H17N3O3S/c15-6-2-1-3-9-12-13-11(18-7-10(16)17)14(9)8-4-5-8/h8,15H,1-7H2,(H,16,17). The SMILES string of the molecule is O=C(O)CSc1nnc(CCCCO)n1C1CC1. The maximum absolute atomic E-state index is 10.6. The van der Waals surface area contributed by atoms with E-state index in [1.54, 1.807) is 0 Å². The number of rotatable bonds is 8. The van der Waals surface area contributed by atoms with E-state index >= 15 is 0 Å². The number of hydrogen-bond donors (Lipinski definition) is 2. The van der Waals surface area contributed by atoms with E-state index in [-0.39, 0.29) is 12.4 Å². The third-order valence-corrected chi connectivity index (χ3v) is 3.71. The molecule has 18 heavy (non-hydrogen) atoms. The number of carbonyl (C=O) groups is 1. The van der Waals surface area contributed by atoms with Gasteiger partial charge in [-0.2, -0.15) is 0 Å². The first-order valence-electron chi connectivity index (χ1n) is 6.11. The third kappa shape index (κ3) is 3.46. The summed E-state index contributed by atoms with van der Waals surface area (Å²) in [6, 6.07) is 0.445. The van der Waals surface area contributed by atoms with E-state index in [0.717, 1.165) is 37.9 Å². The van der Waals surface area contributed by atoms with Crippen LogP contribution in [0.5, 0.6) is 0 Å². The van der Waals surface area contributed by atoms with Gasteiger partial charge in [0.1, 0.15) is 5.82 Å². The molecule has 0 atom stereocenters. The highest BCUT2D eigenvalue weighted by Crippen LogP contribution is 2.38. The van der Waals surface area contributed by atoms with Gasteiger partial charge in [-0.05, 0) is 25.7 Å². The predicted octanol–water partition coefficient (Wildman–Crippen LogP) is 1.10. The van der Waals surface area contributed by atoms with Crippen molar-refractivity contribution in [2.45, 2.75) is 43.3 Å². The van der Waals surface area contributed by atoms with E-state index in [1.165, 1.54) is 11.8 Å². The van der Waals surface area contributed by atoms with E-state index in [4.69, 9.17) is 10.2 Å². The number of unbranched alkanes of at least 4 members (excludes halogenated alkanes) is 1. The van der Waals surface area contributed by atoms with Gasteiger partial charge in [-0.1, -0.05) is 11.8 Å². The zero-order chi connectivity index (χ0) is 13.0. The van der Waals surface area contributed by atoms with Crippen LogP contribution in [0.2, 0.25) is 0 Å². The average Bonchev–Trinajstić information content (AvgIpc) is 3.09. The molecular weight excluding hydrogens is 254 g/mol. The number of aliphatic hydroxyl groups is 1. The Balaban J connectivity index is 2.02. The highest BCUT2D eigenvalue weighted by molar-refractivity contribution is 7.99. The molecule has 1 saturated carbocycles. The minimum atomic E-state index is -0.841. The molecule has 0 aromatic carbocycles. The second kappa shape index (κ2) is 6.19. The molecule has 2 N–H and O–H groups in total. The van der Waals surface area contributed by atoms with E-state index < -0.39 is 5.97 Å². The maximum atomic E-state index is 10.6. The van der Waals surface area contributed by atoms with Gasteiger partial charge in [-0.3, -0.25) is 4.79 Å². The number of aryl methyl sites for hydroxylation is 1. The van der Waals surface area contributed by atoms with Crippen LogP contribution in [-0.2, 0) is 11.2 Å². The Kier molecular flexibility index (Phi) is 4.60. The Hall–Kier alpha value is -1.08. The number of hydrogen-bond acceptors (Lipinski definition) is 5. The predicted molar refractivity (Wildman–Crippen MR) is 66.7 cm³/mol. The summed E-state index contributed by atoms with van der Waals surface area (Å²) in [5.41, 5.74) is 0. The Morgan fingerprint density at radius 2 is 2.17 bits per heavy atom. The molecule has 1 aliphatic rings. The van der Waals surface area contributed by atoms with Crippen molar-refractivity contribution < 1.29 is 15.0 Å². The lowest BCUT2D eigenvalue weighted by atomic mass is 10.2. The van der Waals surface area contributed by atoms with Crippen LogP contribution in [0.3, 0.4) is 0 Å². The molecule has 0 spiro atoms. The molecule has 1 heterocycles. The molecular formula is C11H17N3O3S. The molecule has 2 rings (SSSR count). The van der Waals surface area contributed by atoms with Crippen LogP contribution >= 0.6 is 11.8 Å². The minimum absolute atomic E-state index is 0.0154. The van der Waals surface area contributed by atoms with E-state index in [2.05, 4.69) is 14.8 Å². The minimum Gasteiger partial charge on any atom is -0.481 e. The molecule has 0 radical (unpaired) electrons. The lowest BCUT2D eigenvalue weighted by molar-refractivity contribution is -0.133. The van der Waals surface area contributed by atoms with E-state index in [9.17, 15) is 4.79 Å². The highest BCUT2D eigenvalue weighted by atomic mass is 32.2. The van der Waals surface area contributed by atoms with Crippen molar-refractivity contribution in [2.24, 2.45) is 0 Å². The number of thioether (sulfide) groups is 1. The molecule has 0 amide bonds. The molecule has 1 aromatic rings. The lowest BCUT2D eigenvalue weighted by Crippen LogP contribution is -2.05. The lowest BCUT2D eigenvalue weighted by Gasteiger charge is -2.07. The fraction of sp³-hybridized carbons (Fsp3) is 0.727. The van der Waals surface area contributed by atoms with Gasteiger partial charge in [-0.15, -0.1) is 10.2 Å². The molecule has 0 bridgehead atoms. The first-order valence-corrected chi connectivity index (χ1v) is 7.10. The van der Waals surface area contributed by atoms with Crippen molar-refractivity contribution in [1.82, 2.24) is 14.8 Å². The van der Waals surface area contributed by atoms with Gasteiger partial charge in [0.2, 0.25) is 0 Å². The highest BCUT2D eigenvalue weighted by Gasteiger charge is 2.29. The average molecular weight is 271 g/mol. The van der Waals surface area contributed by atoms with Crippen molar-refractivity contribution in [3.05, 3.63) is 5.82 Å². The molecule has 1 aromatic heterocycles. The Morgan fingerprint density at radius 1 is 1.39 bits per heavy atom. The summed E-state index contributed by atoms with van der Waals surface area (Å²) in [6.45, 7) is 0.193. The van der Waals surface area contributed by atoms with Crippen LogP contribution in [0.1, 0.15) is 37.5 Å². The molecule has 7 heteroatoms. The van der Waals surface area contributed by atoms with Gasteiger partial charge in [0.15, 0.2) is 5.16 Å². The largest absolute Gasteiger partial charge is 0.481 e.